The first-order chi connectivity index (χ1) is 9.97. The number of urea groups is 1. The van der Waals surface area contributed by atoms with E-state index in [0.29, 0.717) is 17.0 Å². The van der Waals surface area contributed by atoms with Gasteiger partial charge in [0.25, 0.3) is 0 Å². The van der Waals surface area contributed by atoms with E-state index in [2.05, 4.69) is 10.3 Å². The molecule has 2 amide bonds. The van der Waals surface area contributed by atoms with Gasteiger partial charge in [0.15, 0.2) is 18.0 Å². The Morgan fingerprint density at radius 1 is 1.38 bits per heavy atom. The largest absolute Gasteiger partial charge is 0.446 e. The quantitative estimate of drug-likeness (QED) is 0.943. The monoisotopic (exact) mass is 295 g/mol. The highest BCUT2D eigenvalue weighted by Gasteiger charge is 2.12. The van der Waals surface area contributed by atoms with Crippen LogP contribution in [-0.4, -0.2) is 23.0 Å². The van der Waals surface area contributed by atoms with Crippen molar-refractivity contribution in [3.63, 3.8) is 0 Å². The summed E-state index contributed by atoms with van der Waals surface area (Å²) >= 11 is 0. The summed E-state index contributed by atoms with van der Waals surface area (Å²) < 4.78 is 31.0. The molecule has 0 aliphatic rings. The van der Waals surface area contributed by atoms with E-state index in [4.69, 9.17) is 4.42 Å². The molecule has 7 heteroatoms. The summed E-state index contributed by atoms with van der Waals surface area (Å²) in [4.78, 5) is 17.2. The molecule has 5 nitrogen and oxygen atoms in total. The van der Waals surface area contributed by atoms with Gasteiger partial charge < -0.3 is 14.6 Å². The molecule has 1 aromatic heterocycles. The van der Waals surface area contributed by atoms with Crippen LogP contribution in [0.3, 0.4) is 0 Å². The number of amides is 2. The van der Waals surface area contributed by atoms with Gasteiger partial charge >= 0.3 is 6.03 Å². The molecule has 0 unspecified atom stereocenters. The minimum atomic E-state index is -0.932. The normalized spacial score (nSPS) is 10.5. The first-order valence-corrected chi connectivity index (χ1v) is 6.29. The van der Waals surface area contributed by atoms with Crippen molar-refractivity contribution < 1.29 is 18.0 Å². The van der Waals surface area contributed by atoms with E-state index in [9.17, 15) is 13.6 Å². The van der Waals surface area contributed by atoms with Crippen LogP contribution < -0.4 is 5.32 Å². The van der Waals surface area contributed by atoms with Crippen molar-refractivity contribution in [2.45, 2.75) is 20.0 Å². The minimum Gasteiger partial charge on any atom is -0.446 e. The lowest BCUT2D eigenvalue weighted by atomic mass is 10.2. The number of aromatic nitrogens is 1. The predicted octanol–water partition coefficient (Wildman–Crippen LogP) is 2.60. The number of nitrogens with zero attached hydrogens (tertiary/aromatic N) is 2. The van der Waals surface area contributed by atoms with Crippen LogP contribution in [-0.2, 0) is 13.1 Å². The van der Waals surface area contributed by atoms with Gasteiger partial charge in [-0.2, -0.15) is 0 Å². The molecule has 0 saturated heterocycles. The molecular weight excluding hydrogens is 280 g/mol. The number of carbonyl (C=O) groups excluding carboxylic acids is 1. The standard InChI is InChI=1S/C14H15F2N3O2/c1-9-13(21-8-18-9)6-17-14(20)19(2)7-10-3-4-11(15)12(16)5-10/h3-5,8H,6-7H2,1-2H3,(H,17,20). The van der Waals surface area contributed by atoms with Crippen LogP contribution in [0.5, 0.6) is 0 Å². The Morgan fingerprint density at radius 3 is 2.76 bits per heavy atom. The molecule has 0 spiro atoms. The summed E-state index contributed by atoms with van der Waals surface area (Å²) in [6.07, 6.45) is 1.31. The van der Waals surface area contributed by atoms with Crippen LogP contribution in [0.15, 0.2) is 29.0 Å². The predicted molar refractivity (Wildman–Crippen MR) is 71.3 cm³/mol. The van der Waals surface area contributed by atoms with Crippen LogP contribution in [0.1, 0.15) is 17.0 Å². The van der Waals surface area contributed by atoms with E-state index < -0.39 is 11.6 Å². The number of hydrogen-bond donors (Lipinski definition) is 1. The van der Waals surface area contributed by atoms with Gasteiger partial charge in [0, 0.05) is 13.6 Å². The van der Waals surface area contributed by atoms with Gasteiger partial charge in [-0.3, -0.25) is 0 Å². The van der Waals surface area contributed by atoms with Crippen molar-refractivity contribution in [1.82, 2.24) is 15.2 Å². The maximum atomic E-state index is 13.1. The zero-order valence-electron chi connectivity index (χ0n) is 11.7. The van der Waals surface area contributed by atoms with E-state index in [0.717, 1.165) is 12.1 Å². The molecular formula is C14H15F2N3O2. The van der Waals surface area contributed by atoms with Gasteiger partial charge in [-0.1, -0.05) is 6.07 Å². The molecule has 1 N–H and O–H groups in total. The fourth-order valence-corrected chi connectivity index (χ4v) is 1.77. The third-order valence-electron chi connectivity index (χ3n) is 3.00. The highest BCUT2D eigenvalue weighted by molar-refractivity contribution is 5.73. The average molecular weight is 295 g/mol. The number of oxazole rings is 1. The van der Waals surface area contributed by atoms with Gasteiger partial charge in [-0.15, -0.1) is 0 Å². The SMILES string of the molecule is Cc1ncoc1CNC(=O)N(C)Cc1ccc(F)c(F)c1. The van der Waals surface area contributed by atoms with E-state index in [1.807, 2.05) is 0 Å². The van der Waals surface area contributed by atoms with Crippen LogP contribution in [0.2, 0.25) is 0 Å². The fraction of sp³-hybridized carbons (Fsp3) is 0.286. The van der Waals surface area contributed by atoms with E-state index in [-0.39, 0.29) is 19.1 Å². The summed E-state index contributed by atoms with van der Waals surface area (Å²) in [5.74, 6) is -1.27. The number of rotatable bonds is 4. The van der Waals surface area contributed by atoms with Crippen molar-refractivity contribution in [2.24, 2.45) is 0 Å². The molecule has 2 aromatic rings. The summed E-state index contributed by atoms with van der Waals surface area (Å²) in [5.41, 5.74) is 1.21. The lowest BCUT2D eigenvalue weighted by molar-refractivity contribution is 0.205. The number of aryl methyl sites for hydroxylation is 1. The van der Waals surface area contributed by atoms with Crippen LogP contribution >= 0.6 is 0 Å². The topological polar surface area (TPSA) is 58.4 Å². The number of hydrogen-bond acceptors (Lipinski definition) is 3. The summed E-state index contributed by atoms with van der Waals surface area (Å²) in [6.45, 7) is 2.15. The first-order valence-electron chi connectivity index (χ1n) is 6.29. The molecule has 0 fully saturated rings. The summed E-state index contributed by atoms with van der Waals surface area (Å²) in [5, 5.41) is 2.66. The van der Waals surface area contributed by atoms with Gasteiger partial charge in [0.05, 0.1) is 12.2 Å². The molecule has 112 valence electrons. The zero-order valence-corrected chi connectivity index (χ0v) is 11.7. The van der Waals surface area contributed by atoms with Gasteiger partial charge in [-0.25, -0.2) is 18.6 Å². The Balaban J connectivity index is 1.90. The minimum absolute atomic E-state index is 0.165. The van der Waals surface area contributed by atoms with Crippen molar-refractivity contribution in [1.29, 1.82) is 0 Å². The third-order valence-corrected chi connectivity index (χ3v) is 3.00. The van der Waals surface area contributed by atoms with Gasteiger partial charge in [-0.05, 0) is 24.6 Å². The highest BCUT2D eigenvalue weighted by atomic mass is 19.2. The van der Waals surface area contributed by atoms with E-state index >= 15 is 0 Å². The zero-order chi connectivity index (χ0) is 15.4. The molecule has 21 heavy (non-hydrogen) atoms. The number of carbonyl (C=O) groups is 1. The molecule has 0 bridgehead atoms. The molecule has 1 heterocycles. The molecule has 0 atom stereocenters. The smallest absolute Gasteiger partial charge is 0.317 e. The van der Waals surface area contributed by atoms with Crippen LogP contribution in [0.4, 0.5) is 13.6 Å². The van der Waals surface area contributed by atoms with Gasteiger partial charge in [0.1, 0.15) is 5.76 Å². The molecule has 0 aliphatic carbocycles. The van der Waals surface area contributed by atoms with Crippen LogP contribution in [0.25, 0.3) is 0 Å². The van der Waals surface area contributed by atoms with Crippen LogP contribution in [0, 0.1) is 18.6 Å². The first kappa shape index (κ1) is 15.0. The fourth-order valence-electron chi connectivity index (χ4n) is 1.77. The molecule has 0 saturated carbocycles. The van der Waals surface area contributed by atoms with Crippen molar-refractivity contribution >= 4 is 6.03 Å². The number of nitrogens with one attached hydrogen (secondary N) is 1. The Kier molecular flexibility index (Phi) is 4.52. The van der Waals surface area contributed by atoms with E-state index in [1.165, 1.54) is 17.4 Å². The molecule has 0 aliphatic heterocycles. The third kappa shape index (κ3) is 3.77. The maximum Gasteiger partial charge on any atom is 0.317 e. The Bertz CT molecular complexity index is 643. The van der Waals surface area contributed by atoms with Crippen molar-refractivity contribution in [2.75, 3.05) is 7.05 Å². The van der Waals surface area contributed by atoms with Gasteiger partial charge in [0.2, 0.25) is 0 Å². The second-order valence-electron chi connectivity index (χ2n) is 4.62. The molecule has 1 aromatic carbocycles. The summed E-state index contributed by atoms with van der Waals surface area (Å²) in [6, 6.07) is 3.19. The van der Waals surface area contributed by atoms with Crippen molar-refractivity contribution in [3.8, 4) is 0 Å². The summed E-state index contributed by atoms with van der Waals surface area (Å²) in [7, 11) is 1.56. The van der Waals surface area contributed by atoms with E-state index in [1.54, 1.807) is 14.0 Å². The Labute approximate surface area is 120 Å². The highest BCUT2D eigenvalue weighted by Crippen LogP contribution is 2.10. The lowest BCUT2D eigenvalue weighted by Gasteiger charge is -2.17. The molecule has 0 radical (unpaired) electrons. The Morgan fingerprint density at radius 2 is 2.14 bits per heavy atom. The average Bonchev–Trinajstić information content (AvgIpc) is 2.85. The second kappa shape index (κ2) is 6.34. The number of halogens is 2. The molecule has 2 rings (SSSR count). The maximum absolute atomic E-state index is 13.1. The van der Waals surface area contributed by atoms with Crippen molar-refractivity contribution in [3.05, 3.63) is 53.2 Å². The number of benzene rings is 1. The lowest BCUT2D eigenvalue weighted by Crippen LogP contribution is -2.36. The second-order valence-corrected chi connectivity index (χ2v) is 4.62. The Hall–Kier alpha value is -2.44.